The van der Waals surface area contributed by atoms with Crippen LogP contribution < -0.4 is 20.1 Å². The van der Waals surface area contributed by atoms with Gasteiger partial charge in [-0.3, -0.25) is 0 Å². The Bertz CT molecular complexity index is 669. The van der Waals surface area contributed by atoms with E-state index in [4.69, 9.17) is 9.47 Å². The molecule has 0 bridgehead atoms. The number of hydrogen-bond acceptors (Lipinski definition) is 5. The summed E-state index contributed by atoms with van der Waals surface area (Å²) in [5.41, 5.74) is 2.42. The predicted molar refractivity (Wildman–Crippen MR) is 92.3 cm³/mol. The van der Waals surface area contributed by atoms with Crippen LogP contribution in [0.1, 0.15) is 30.1 Å². The molecule has 2 aliphatic rings. The monoisotopic (exact) mass is 325 g/mol. The first-order chi connectivity index (χ1) is 11.9. The molecule has 24 heavy (non-hydrogen) atoms. The van der Waals surface area contributed by atoms with Gasteiger partial charge in [-0.1, -0.05) is 24.3 Å². The van der Waals surface area contributed by atoms with Gasteiger partial charge < -0.3 is 20.1 Å². The summed E-state index contributed by atoms with van der Waals surface area (Å²) in [5, 5.41) is 7.04. The molecule has 0 aliphatic carbocycles. The summed E-state index contributed by atoms with van der Waals surface area (Å²) in [6.45, 7) is 3.67. The molecule has 1 atom stereocenters. The van der Waals surface area contributed by atoms with Gasteiger partial charge in [-0.05, 0) is 49.2 Å². The second kappa shape index (κ2) is 7.20. The summed E-state index contributed by atoms with van der Waals surface area (Å²) < 4.78 is 11.7. The molecule has 1 fully saturated rings. The maximum atomic E-state index is 5.95. The molecule has 5 nitrogen and oxygen atoms in total. The van der Waals surface area contributed by atoms with Crippen molar-refractivity contribution in [1.82, 2.24) is 15.6 Å². The van der Waals surface area contributed by atoms with E-state index in [2.05, 4.69) is 39.9 Å². The van der Waals surface area contributed by atoms with Crippen LogP contribution in [0.5, 0.6) is 11.6 Å². The van der Waals surface area contributed by atoms with E-state index in [9.17, 15) is 0 Å². The molecule has 0 amide bonds. The topological polar surface area (TPSA) is 55.4 Å². The Morgan fingerprint density at radius 2 is 1.96 bits per heavy atom. The second-order valence-electron chi connectivity index (χ2n) is 6.37. The minimum absolute atomic E-state index is 0.0983. The molecular formula is C19H23N3O2. The van der Waals surface area contributed by atoms with Gasteiger partial charge in [-0.15, -0.1) is 0 Å². The molecule has 3 heterocycles. The molecule has 0 saturated carbocycles. The number of benzene rings is 1. The number of ether oxygens (including phenoxy) is 2. The van der Waals surface area contributed by atoms with Gasteiger partial charge in [-0.2, -0.15) is 0 Å². The zero-order valence-corrected chi connectivity index (χ0v) is 13.7. The molecule has 1 saturated heterocycles. The summed E-state index contributed by atoms with van der Waals surface area (Å²) in [7, 11) is 0. The first-order valence-electron chi connectivity index (χ1n) is 8.66. The molecule has 2 aliphatic heterocycles. The van der Waals surface area contributed by atoms with Crippen molar-refractivity contribution < 1.29 is 9.47 Å². The van der Waals surface area contributed by atoms with Crippen molar-refractivity contribution in [3.05, 3.63) is 53.7 Å². The molecule has 1 aromatic carbocycles. The van der Waals surface area contributed by atoms with Gasteiger partial charge in [0.1, 0.15) is 6.61 Å². The number of hydrogen-bond donors (Lipinski definition) is 2. The van der Waals surface area contributed by atoms with Gasteiger partial charge in [0.2, 0.25) is 0 Å². The molecule has 1 aromatic heterocycles. The van der Waals surface area contributed by atoms with E-state index >= 15 is 0 Å². The predicted octanol–water partition coefficient (Wildman–Crippen LogP) is 2.44. The summed E-state index contributed by atoms with van der Waals surface area (Å²) in [6, 6.07) is 13.0. The molecule has 0 radical (unpaired) electrons. The van der Waals surface area contributed by atoms with Crippen LogP contribution in [0.4, 0.5) is 0 Å². The second-order valence-corrected chi connectivity index (χ2v) is 6.37. The van der Waals surface area contributed by atoms with Gasteiger partial charge in [-0.25, -0.2) is 4.98 Å². The third-order valence-electron chi connectivity index (χ3n) is 4.67. The van der Waals surface area contributed by atoms with Gasteiger partial charge >= 0.3 is 0 Å². The molecule has 0 unspecified atom stereocenters. The van der Waals surface area contributed by atoms with Crippen molar-refractivity contribution in [2.24, 2.45) is 0 Å². The fraction of sp³-hybridized carbons (Fsp3) is 0.421. The van der Waals surface area contributed by atoms with Crippen LogP contribution in [0, 0.1) is 0 Å². The normalized spacial score (nSPS) is 20.8. The summed E-state index contributed by atoms with van der Waals surface area (Å²) in [5.74, 6) is 1.29. The average molecular weight is 325 g/mol. The molecule has 2 N–H and O–H groups in total. The van der Waals surface area contributed by atoms with Gasteiger partial charge in [0, 0.05) is 18.8 Å². The number of aromatic nitrogens is 1. The van der Waals surface area contributed by atoms with E-state index in [1.165, 1.54) is 18.4 Å². The highest BCUT2D eigenvalue weighted by atomic mass is 16.6. The maximum Gasteiger partial charge on any atom is 0.257 e. The van der Waals surface area contributed by atoms with E-state index < -0.39 is 0 Å². The number of nitrogens with one attached hydrogen (secondary N) is 2. The molecule has 5 heteroatoms. The van der Waals surface area contributed by atoms with E-state index in [0.29, 0.717) is 18.5 Å². The highest BCUT2D eigenvalue weighted by molar-refractivity contribution is 5.35. The van der Waals surface area contributed by atoms with Crippen molar-refractivity contribution in [3.63, 3.8) is 0 Å². The molecule has 126 valence electrons. The number of rotatable bonds is 4. The zero-order valence-electron chi connectivity index (χ0n) is 13.7. The fourth-order valence-electron chi connectivity index (χ4n) is 3.21. The number of nitrogens with zero attached hydrogens (tertiary/aromatic N) is 1. The van der Waals surface area contributed by atoms with Crippen LogP contribution >= 0.6 is 0 Å². The zero-order chi connectivity index (χ0) is 16.2. The Balaban J connectivity index is 1.36. The van der Waals surface area contributed by atoms with Crippen LogP contribution in [-0.2, 0) is 6.54 Å². The maximum absolute atomic E-state index is 5.95. The van der Waals surface area contributed by atoms with E-state index in [1.807, 2.05) is 12.1 Å². The van der Waals surface area contributed by atoms with Crippen LogP contribution in [-0.4, -0.2) is 30.7 Å². The highest BCUT2D eigenvalue weighted by Crippen LogP contribution is 2.33. The Morgan fingerprint density at radius 3 is 2.79 bits per heavy atom. The molecule has 4 rings (SSSR count). The standard InChI is InChI=1S/C19H23N3O2/c1-2-17-19(21-9-1)24-18(13-23-17)15-5-3-14(4-6-15)12-22-16-7-10-20-11-8-16/h1-6,9,16,18,20,22H,7-8,10-13H2/t18-/m1/s1. The van der Waals surface area contributed by atoms with Crippen molar-refractivity contribution >= 4 is 0 Å². The Morgan fingerprint density at radius 1 is 1.12 bits per heavy atom. The molecule has 2 aromatic rings. The lowest BCUT2D eigenvalue weighted by atomic mass is 10.0. The van der Waals surface area contributed by atoms with Crippen molar-refractivity contribution in [2.45, 2.75) is 31.5 Å². The smallest absolute Gasteiger partial charge is 0.257 e. The third kappa shape index (κ3) is 3.52. The Hall–Kier alpha value is -2.11. The molecule has 0 spiro atoms. The lowest BCUT2D eigenvalue weighted by molar-refractivity contribution is 0.0851. The number of piperidine rings is 1. The number of fused-ring (bicyclic) bond motifs is 1. The minimum Gasteiger partial charge on any atom is -0.484 e. The summed E-state index contributed by atoms with van der Waals surface area (Å²) in [4.78, 5) is 4.23. The average Bonchev–Trinajstić information content (AvgIpc) is 2.67. The Kier molecular flexibility index (Phi) is 4.62. The summed E-state index contributed by atoms with van der Waals surface area (Å²) >= 11 is 0. The summed E-state index contributed by atoms with van der Waals surface area (Å²) in [6.07, 6.45) is 4.04. The van der Waals surface area contributed by atoms with E-state index in [-0.39, 0.29) is 6.10 Å². The minimum atomic E-state index is -0.0983. The van der Waals surface area contributed by atoms with Gasteiger partial charge in [0.25, 0.3) is 5.88 Å². The first kappa shape index (κ1) is 15.4. The largest absolute Gasteiger partial charge is 0.484 e. The van der Waals surface area contributed by atoms with Gasteiger partial charge in [0.05, 0.1) is 0 Å². The van der Waals surface area contributed by atoms with Crippen LogP contribution in [0.3, 0.4) is 0 Å². The van der Waals surface area contributed by atoms with E-state index in [0.717, 1.165) is 30.9 Å². The van der Waals surface area contributed by atoms with Gasteiger partial charge in [0.15, 0.2) is 11.9 Å². The van der Waals surface area contributed by atoms with Crippen LogP contribution in [0.15, 0.2) is 42.6 Å². The number of pyridine rings is 1. The van der Waals surface area contributed by atoms with Crippen molar-refractivity contribution in [1.29, 1.82) is 0 Å². The third-order valence-corrected chi connectivity index (χ3v) is 4.67. The quantitative estimate of drug-likeness (QED) is 0.904. The SMILES string of the molecule is c1cnc2c(c1)OC[C@H](c1ccc(CNC3CCNCC3)cc1)O2. The lowest BCUT2D eigenvalue weighted by Crippen LogP contribution is -2.39. The van der Waals surface area contributed by atoms with Crippen LogP contribution in [0.25, 0.3) is 0 Å². The fourth-order valence-corrected chi connectivity index (χ4v) is 3.21. The lowest BCUT2D eigenvalue weighted by Gasteiger charge is -2.26. The Labute approximate surface area is 142 Å². The molecular weight excluding hydrogens is 302 g/mol. The van der Waals surface area contributed by atoms with Crippen molar-refractivity contribution in [3.8, 4) is 11.6 Å². The first-order valence-corrected chi connectivity index (χ1v) is 8.66. The van der Waals surface area contributed by atoms with Crippen LogP contribution in [0.2, 0.25) is 0 Å². The van der Waals surface area contributed by atoms with Crippen molar-refractivity contribution in [2.75, 3.05) is 19.7 Å². The highest BCUT2D eigenvalue weighted by Gasteiger charge is 2.23. The van der Waals surface area contributed by atoms with E-state index in [1.54, 1.807) is 6.20 Å².